The van der Waals surface area contributed by atoms with Crippen molar-refractivity contribution in [1.82, 2.24) is 0 Å². The minimum Gasteiger partial charge on any atom is -0.230 e. The Balaban J connectivity index is 2.32. The van der Waals surface area contributed by atoms with Gasteiger partial charge in [-0.2, -0.15) is 4.48 Å². The van der Waals surface area contributed by atoms with E-state index in [-0.39, 0.29) is 0 Å². The van der Waals surface area contributed by atoms with E-state index >= 15 is 0 Å². The standard InChI is InChI=1S/C48H93N2O/c1-4-7-10-13-16-19-21-23-25-26-27-29-31-33-36-39-42-47-49-44-46-50(47,48(51)43-40-37-34-18-15-12-9-6-3)45-41-38-35-32-30-28-24-22-20-17-14-11-8-5-2/h44,46H,4-43,45H2,1-3H3/q+1. The van der Waals surface area contributed by atoms with Crippen LogP contribution in [-0.2, 0) is 4.79 Å². The molecule has 0 aromatic heterocycles. The Morgan fingerprint density at radius 2 is 0.706 bits per heavy atom. The van der Waals surface area contributed by atoms with E-state index in [1.807, 2.05) is 6.20 Å². The average molecular weight is 714 g/mol. The second kappa shape index (κ2) is 37.4. The van der Waals surface area contributed by atoms with Gasteiger partial charge in [0.15, 0.2) is 0 Å². The third kappa shape index (κ3) is 27.3. The maximum atomic E-state index is 13.9. The first-order valence-electron chi connectivity index (χ1n) is 23.9. The number of quaternary nitrogens is 1. The van der Waals surface area contributed by atoms with Gasteiger partial charge >= 0.3 is 5.91 Å². The average Bonchev–Trinajstić information content (AvgIpc) is 3.56. The van der Waals surface area contributed by atoms with Crippen LogP contribution in [0.25, 0.3) is 0 Å². The highest BCUT2D eigenvalue weighted by Crippen LogP contribution is 2.26. The molecule has 0 saturated carbocycles. The molecular weight excluding hydrogens is 621 g/mol. The molecule has 1 rings (SSSR count). The molecule has 3 nitrogen and oxygen atoms in total. The number of carbonyl (C=O) groups is 1. The second-order valence-corrected chi connectivity index (χ2v) is 16.7. The zero-order chi connectivity index (χ0) is 36.8. The predicted octanol–water partition coefficient (Wildman–Crippen LogP) is 16.9. The van der Waals surface area contributed by atoms with Gasteiger partial charge in [0, 0.05) is 6.42 Å². The van der Waals surface area contributed by atoms with Gasteiger partial charge in [-0.15, -0.1) is 0 Å². The molecular formula is C48H93N2O+. The molecule has 0 spiro atoms. The van der Waals surface area contributed by atoms with E-state index < -0.39 is 0 Å². The second-order valence-electron chi connectivity index (χ2n) is 16.7. The van der Waals surface area contributed by atoms with Crippen molar-refractivity contribution in [3.05, 3.63) is 12.4 Å². The van der Waals surface area contributed by atoms with Gasteiger partial charge in [-0.3, -0.25) is 0 Å². The molecule has 1 atom stereocenters. The van der Waals surface area contributed by atoms with Crippen LogP contribution in [0.5, 0.6) is 0 Å². The van der Waals surface area contributed by atoms with Crippen molar-refractivity contribution in [3.8, 4) is 0 Å². The number of rotatable bonds is 41. The largest absolute Gasteiger partial charge is 0.324 e. The van der Waals surface area contributed by atoms with Gasteiger partial charge in [0.25, 0.3) is 0 Å². The summed E-state index contributed by atoms with van der Waals surface area (Å²) in [4.78, 5) is 18.8. The first-order chi connectivity index (χ1) is 25.2. The molecule has 0 N–H and O–H groups in total. The quantitative estimate of drug-likeness (QED) is 0.0458. The Hall–Kier alpha value is -0.960. The van der Waals surface area contributed by atoms with Gasteiger partial charge in [-0.05, 0) is 25.7 Å². The number of aliphatic imine (C=N–C) groups is 1. The van der Waals surface area contributed by atoms with E-state index in [1.165, 1.54) is 231 Å². The van der Waals surface area contributed by atoms with E-state index in [2.05, 4.69) is 27.0 Å². The third-order valence-electron chi connectivity index (χ3n) is 11.8. The van der Waals surface area contributed by atoms with Crippen LogP contribution in [0.2, 0.25) is 0 Å². The zero-order valence-corrected chi connectivity index (χ0v) is 35.4. The summed E-state index contributed by atoms with van der Waals surface area (Å²) in [6.45, 7) is 7.82. The van der Waals surface area contributed by atoms with Crippen LogP contribution in [0.4, 0.5) is 0 Å². The molecule has 0 bridgehead atoms. The summed E-state index contributed by atoms with van der Waals surface area (Å²) in [6.07, 6.45) is 57.7. The van der Waals surface area contributed by atoms with Crippen molar-refractivity contribution in [2.45, 2.75) is 278 Å². The molecule has 0 aromatic carbocycles. The monoisotopic (exact) mass is 714 g/mol. The number of hydrogen-bond donors (Lipinski definition) is 0. The lowest BCUT2D eigenvalue weighted by Crippen LogP contribution is -2.52. The molecule has 1 heterocycles. The summed E-state index contributed by atoms with van der Waals surface area (Å²) in [6, 6.07) is 0. The molecule has 3 heteroatoms. The van der Waals surface area contributed by atoms with Gasteiger partial charge in [0.2, 0.25) is 5.84 Å². The van der Waals surface area contributed by atoms with Crippen LogP contribution in [0.3, 0.4) is 0 Å². The normalized spacial score (nSPS) is 15.6. The van der Waals surface area contributed by atoms with Crippen LogP contribution in [0, 0.1) is 0 Å². The molecule has 1 amide bonds. The lowest BCUT2D eigenvalue weighted by Gasteiger charge is -2.30. The number of carbonyl (C=O) groups excluding carboxylic acids is 1. The smallest absolute Gasteiger partial charge is 0.230 e. The number of unbranched alkanes of at least 4 members (excludes halogenated alkanes) is 35. The van der Waals surface area contributed by atoms with Crippen molar-refractivity contribution in [2.24, 2.45) is 4.99 Å². The lowest BCUT2D eigenvalue weighted by atomic mass is 10.0. The molecule has 1 aliphatic heterocycles. The van der Waals surface area contributed by atoms with Crippen LogP contribution >= 0.6 is 0 Å². The molecule has 0 fully saturated rings. The molecule has 1 aliphatic rings. The first-order valence-corrected chi connectivity index (χ1v) is 23.9. The minimum atomic E-state index is 0.416. The lowest BCUT2D eigenvalue weighted by molar-refractivity contribution is -0.708. The third-order valence-corrected chi connectivity index (χ3v) is 11.8. The molecule has 300 valence electrons. The van der Waals surface area contributed by atoms with Crippen molar-refractivity contribution >= 4 is 11.7 Å². The Bertz CT molecular complexity index is 803. The number of amidine groups is 1. The van der Waals surface area contributed by atoms with Gasteiger partial charge < -0.3 is 0 Å². The van der Waals surface area contributed by atoms with Crippen LogP contribution in [0.15, 0.2) is 17.4 Å². The minimum absolute atomic E-state index is 0.416. The van der Waals surface area contributed by atoms with E-state index in [4.69, 9.17) is 4.99 Å². The summed E-state index contributed by atoms with van der Waals surface area (Å²) in [7, 11) is 0. The molecule has 0 aliphatic carbocycles. The van der Waals surface area contributed by atoms with Gasteiger partial charge in [-0.25, -0.2) is 9.79 Å². The van der Waals surface area contributed by atoms with Crippen molar-refractivity contribution in [1.29, 1.82) is 0 Å². The fourth-order valence-electron chi connectivity index (χ4n) is 8.24. The topological polar surface area (TPSA) is 29.4 Å². The number of hydrogen-bond acceptors (Lipinski definition) is 2. The number of amides is 1. The SMILES string of the molecule is CCCCCCCCCCCCCCCCCCC1=NC=C[N+]1(CCCCCCCCCCCCCCCC)C(=O)CCCCCCCCCC. The van der Waals surface area contributed by atoms with E-state index in [9.17, 15) is 4.79 Å². The Kier molecular flexibility index (Phi) is 35.2. The fourth-order valence-corrected chi connectivity index (χ4v) is 8.24. The molecule has 1 unspecified atom stereocenters. The Labute approximate surface area is 321 Å². The van der Waals surface area contributed by atoms with Crippen LogP contribution < -0.4 is 0 Å². The van der Waals surface area contributed by atoms with Gasteiger partial charge in [0.05, 0.1) is 19.2 Å². The Morgan fingerprint density at radius 1 is 0.412 bits per heavy atom. The Morgan fingerprint density at radius 3 is 1.06 bits per heavy atom. The summed E-state index contributed by atoms with van der Waals surface area (Å²) >= 11 is 0. The van der Waals surface area contributed by atoms with Crippen LogP contribution in [0.1, 0.15) is 278 Å². The highest BCUT2D eigenvalue weighted by molar-refractivity contribution is 5.90. The summed E-state index contributed by atoms with van der Waals surface area (Å²) in [5, 5.41) is 0. The highest BCUT2D eigenvalue weighted by atomic mass is 16.2. The van der Waals surface area contributed by atoms with Crippen LogP contribution in [-0.4, -0.2) is 22.8 Å². The molecule has 0 saturated heterocycles. The first kappa shape index (κ1) is 48.1. The highest BCUT2D eigenvalue weighted by Gasteiger charge is 2.41. The maximum Gasteiger partial charge on any atom is 0.324 e. The fraction of sp³-hybridized carbons (Fsp3) is 0.917. The van der Waals surface area contributed by atoms with Gasteiger partial charge in [0.1, 0.15) is 6.20 Å². The summed E-state index contributed by atoms with van der Waals surface area (Å²) in [5.74, 6) is 1.57. The zero-order valence-electron chi connectivity index (χ0n) is 35.4. The van der Waals surface area contributed by atoms with Crippen molar-refractivity contribution in [3.63, 3.8) is 0 Å². The molecule has 0 aromatic rings. The van der Waals surface area contributed by atoms with E-state index in [1.54, 1.807) is 0 Å². The van der Waals surface area contributed by atoms with Crippen molar-refractivity contribution < 1.29 is 9.28 Å². The molecule has 0 radical (unpaired) electrons. The summed E-state index contributed by atoms with van der Waals surface area (Å²) < 4.78 is 0.452. The van der Waals surface area contributed by atoms with E-state index in [0.717, 1.165) is 38.1 Å². The molecule has 51 heavy (non-hydrogen) atoms. The predicted molar refractivity (Wildman–Crippen MR) is 228 cm³/mol. The van der Waals surface area contributed by atoms with E-state index in [0.29, 0.717) is 10.4 Å². The summed E-state index contributed by atoms with van der Waals surface area (Å²) in [5.41, 5.74) is 0. The van der Waals surface area contributed by atoms with Gasteiger partial charge in [-0.1, -0.05) is 239 Å². The number of nitrogens with zero attached hydrogens (tertiary/aromatic N) is 2. The maximum absolute atomic E-state index is 13.9. The van der Waals surface area contributed by atoms with Crippen molar-refractivity contribution in [2.75, 3.05) is 6.54 Å².